The first kappa shape index (κ1) is 11.9. The zero-order chi connectivity index (χ0) is 12.4. The maximum Gasteiger partial charge on any atom is 0.272 e. The fourth-order valence-corrected chi connectivity index (χ4v) is 2.21. The molecule has 1 aliphatic heterocycles. The zero-order valence-electron chi connectivity index (χ0n) is 10.4. The van der Waals surface area contributed by atoms with Crippen molar-refractivity contribution in [1.29, 1.82) is 0 Å². The Balaban J connectivity index is 2.04. The molecule has 1 atom stereocenters. The van der Waals surface area contributed by atoms with Crippen LogP contribution in [0.15, 0.2) is 18.3 Å². The molecule has 1 aliphatic rings. The van der Waals surface area contributed by atoms with Crippen LogP contribution in [0.4, 0.5) is 5.69 Å². The Labute approximate surface area is 102 Å². The van der Waals surface area contributed by atoms with Crippen molar-refractivity contribution in [3.05, 3.63) is 24.0 Å². The molecule has 4 nitrogen and oxygen atoms in total. The fourth-order valence-electron chi connectivity index (χ4n) is 2.21. The van der Waals surface area contributed by atoms with E-state index in [-0.39, 0.29) is 5.91 Å². The molecule has 0 spiro atoms. The molecule has 1 fully saturated rings. The molecular weight excluding hydrogens is 214 g/mol. The quantitative estimate of drug-likeness (QED) is 0.847. The smallest absolute Gasteiger partial charge is 0.272 e. The molecule has 0 aliphatic carbocycles. The van der Waals surface area contributed by atoms with Crippen molar-refractivity contribution < 1.29 is 4.79 Å². The van der Waals surface area contributed by atoms with Crippen molar-refractivity contribution in [2.75, 3.05) is 18.8 Å². The van der Waals surface area contributed by atoms with Crippen LogP contribution in [0.3, 0.4) is 0 Å². The molecule has 92 valence electrons. The number of nitrogens with zero attached hydrogens (tertiary/aromatic N) is 2. The van der Waals surface area contributed by atoms with Gasteiger partial charge in [0.15, 0.2) is 0 Å². The van der Waals surface area contributed by atoms with Crippen molar-refractivity contribution in [2.45, 2.75) is 20.3 Å². The zero-order valence-corrected chi connectivity index (χ0v) is 10.4. The van der Waals surface area contributed by atoms with Crippen LogP contribution < -0.4 is 5.73 Å². The number of likely N-dealkylation sites (tertiary alicyclic amines) is 1. The summed E-state index contributed by atoms with van der Waals surface area (Å²) in [5.74, 6) is 1.27. The van der Waals surface area contributed by atoms with Gasteiger partial charge in [-0.3, -0.25) is 4.79 Å². The monoisotopic (exact) mass is 233 g/mol. The van der Waals surface area contributed by atoms with Gasteiger partial charge in [-0.1, -0.05) is 13.8 Å². The van der Waals surface area contributed by atoms with E-state index in [0.717, 1.165) is 19.5 Å². The Kier molecular flexibility index (Phi) is 3.31. The number of carbonyl (C=O) groups excluding carboxylic acids is 1. The minimum atomic E-state index is 0.0214. The maximum atomic E-state index is 12.1. The van der Waals surface area contributed by atoms with Crippen LogP contribution in [-0.2, 0) is 0 Å². The van der Waals surface area contributed by atoms with Crippen LogP contribution in [-0.4, -0.2) is 28.9 Å². The van der Waals surface area contributed by atoms with Crippen LogP contribution in [0, 0.1) is 11.8 Å². The number of pyridine rings is 1. The molecule has 4 heteroatoms. The first-order valence-corrected chi connectivity index (χ1v) is 6.08. The topological polar surface area (TPSA) is 59.2 Å². The van der Waals surface area contributed by atoms with Crippen LogP contribution in [0.5, 0.6) is 0 Å². The summed E-state index contributed by atoms with van der Waals surface area (Å²) in [5.41, 5.74) is 6.63. The Morgan fingerprint density at radius 3 is 2.82 bits per heavy atom. The average Bonchev–Trinajstić information content (AvgIpc) is 2.78. The number of hydrogen-bond donors (Lipinski definition) is 1. The minimum Gasteiger partial charge on any atom is -0.397 e. The normalized spacial score (nSPS) is 19.9. The summed E-state index contributed by atoms with van der Waals surface area (Å²) in [6.07, 6.45) is 2.63. The van der Waals surface area contributed by atoms with Crippen LogP contribution in [0.2, 0.25) is 0 Å². The second-order valence-corrected chi connectivity index (χ2v) is 5.02. The van der Waals surface area contributed by atoms with Crippen molar-refractivity contribution in [1.82, 2.24) is 9.88 Å². The number of amides is 1. The molecule has 1 aromatic heterocycles. The Hall–Kier alpha value is -1.58. The van der Waals surface area contributed by atoms with Crippen molar-refractivity contribution >= 4 is 11.6 Å². The number of rotatable bonds is 2. The molecule has 2 heterocycles. The highest BCUT2D eigenvalue weighted by atomic mass is 16.2. The highest BCUT2D eigenvalue weighted by Gasteiger charge is 2.28. The molecular formula is C13H19N3O. The summed E-state index contributed by atoms with van der Waals surface area (Å²) in [6.45, 7) is 6.11. The number of aromatic nitrogens is 1. The van der Waals surface area contributed by atoms with Crippen molar-refractivity contribution in [3.63, 3.8) is 0 Å². The van der Waals surface area contributed by atoms with Gasteiger partial charge in [-0.2, -0.15) is 0 Å². The van der Waals surface area contributed by atoms with E-state index in [9.17, 15) is 4.79 Å². The van der Waals surface area contributed by atoms with Gasteiger partial charge in [-0.15, -0.1) is 0 Å². The van der Waals surface area contributed by atoms with Gasteiger partial charge in [0.05, 0.1) is 11.9 Å². The molecule has 0 radical (unpaired) electrons. The fraction of sp³-hybridized carbons (Fsp3) is 0.538. The molecule has 1 amide bonds. The molecule has 0 bridgehead atoms. The van der Waals surface area contributed by atoms with E-state index in [1.54, 1.807) is 12.1 Å². The summed E-state index contributed by atoms with van der Waals surface area (Å²) in [7, 11) is 0. The van der Waals surface area contributed by atoms with E-state index in [0.29, 0.717) is 23.2 Å². The highest BCUT2D eigenvalue weighted by molar-refractivity contribution is 5.92. The standard InChI is InChI=1S/C13H19N3O/c1-9(2)10-5-6-16(8-10)13(17)12-4-3-11(14)7-15-12/h3-4,7,9-10H,5-6,8,14H2,1-2H3. The lowest BCUT2D eigenvalue weighted by atomic mass is 9.95. The van der Waals surface area contributed by atoms with E-state index in [1.165, 1.54) is 6.20 Å². The Bertz CT molecular complexity index is 400. The van der Waals surface area contributed by atoms with Gasteiger partial charge < -0.3 is 10.6 Å². The van der Waals surface area contributed by atoms with Crippen LogP contribution in [0.1, 0.15) is 30.8 Å². The van der Waals surface area contributed by atoms with Crippen LogP contribution in [0.25, 0.3) is 0 Å². The molecule has 2 N–H and O–H groups in total. The predicted molar refractivity (Wildman–Crippen MR) is 67.5 cm³/mol. The van der Waals surface area contributed by atoms with Gasteiger partial charge in [-0.25, -0.2) is 4.98 Å². The average molecular weight is 233 g/mol. The number of hydrogen-bond acceptors (Lipinski definition) is 3. The van der Waals surface area contributed by atoms with Gasteiger partial charge >= 0.3 is 0 Å². The van der Waals surface area contributed by atoms with Gasteiger partial charge in [-0.05, 0) is 30.4 Å². The summed E-state index contributed by atoms with van der Waals surface area (Å²) in [4.78, 5) is 18.1. The van der Waals surface area contributed by atoms with Crippen LogP contribution >= 0.6 is 0 Å². The van der Waals surface area contributed by atoms with E-state index in [2.05, 4.69) is 18.8 Å². The number of nitrogen functional groups attached to an aromatic ring is 1. The lowest BCUT2D eigenvalue weighted by molar-refractivity contribution is 0.0778. The molecule has 1 unspecified atom stereocenters. The van der Waals surface area contributed by atoms with Gasteiger partial charge in [0.25, 0.3) is 5.91 Å². The van der Waals surface area contributed by atoms with Gasteiger partial charge in [0.1, 0.15) is 5.69 Å². The summed E-state index contributed by atoms with van der Waals surface area (Å²) in [5, 5.41) is 0. The second kappa shape index (κ2) is 4.73. The minimum absolute atomic E-state index is 0.0214. The lowest BCUT2D eigenvalue weighted by Crippen LogP contribution is -2.30. The Morgan fingerprint density at radius 2 is 2.29 bits per heavy atom. The third-order valence-electron chi connectivity index (χ3n) is 3.46. The second-order valence-electron chi connectivity index (χ2n) is 5.02. The van der Waals surface area contributed by atoms with E-state index in [1.807, 2.05) is 4.90 Å². The molecule has 0 saturated carbocycles. The number of anilines is 1. The van der Waals surface area contributed by atoms with Crippen molar-refractivity contribution in [3.8, 4) is 0 Å². The van der Waals surface area contributed by atoms with E-state index in [4.69, 9.17) is 5.73 Å². The predicted octanol–water partition coefficient (Wildman–Crippen LogP) is 1.78. The molecule has 0 aromatic carbocycles. The van der Waals surface area contributed by atoms with Gasteiger partial charge in [0.2, 0.25) is 0 Å². The highest BCUT2D eigenvalue weighted by Crippen LogP contribution is 2.24. The summed E-state index contributed by atoms with van der Waals surface area (Å²) < 4.78 is 0. The molecule has 1 aromatic rings. The molecule has 17 heavy (non-hydrogen) atoms. The lowest BCUT2D eigenvalue weighted by Gasteiger charge is -2.17. The third-order valence-corrected chi connectivity index (χ3v) is 3.46. The van der Waals surface area contributed by atoms with E-state index >= 15 is 0 Å². The first-order valence-electron chi connectivity index (χ1n) is 6.08. The first-order chi connectivity index (χ1) is 8.08. The molecule has 1 saturated heterocycles. The van der Waals surface area contributed by atoms with Gasteiger partial charge in [0, 0.05) is 13.1 Å². The number of carbonyl (C=O) groups is 1. The Morgan fingerprint density at radius 1 is 1.53 bits per heavy atom. The SMILES string of the molecule is CC(C)C1CCN(C(=O)c2ccc(N)cn2)C1. The summed E-state index contributed by atoms with van der Waals surface area (Å²) in [6, 6.07) is 3.41. The molecule has 2 rings (SSSR count). The number of nitrogens with two attached hydrogens (primary N) is 1. The third kappa shape index (κ3) is 2.57. The summed E-state index contributed by atoms with van der Waals surface area (Å²) >= 11 is 0. The maximum absolute atomic E-state index is 12.1. The van der Waals surface area contributed by atoms with E-state index < -0.39 is 0 Å². The largest absolute Gasteiger partial charge is 0.397 e. The van der Waals surface area contributed by atoms with Crippen molar-refractivity contribution in [2.24, 2.45) is 11.8 Å².